The number of benzene rings is 1. The molecule has 0 spiro atoms. The maximum Gasteiger partial charge on any atom is 0.306 e. The lowest BCUT2D eigenvalue weighted by Gasteiger charge is -2.60. The highest BCUT2D eigenvalue weighted by Crippen LogP contribution is 2.65. The van der Waals surface area contributed by atoms with Crippen LogP contribution in [-0.2, 0) is 14.3 Å². The fourth-order valence-corrected chi connectivity index (χ4v) is 7.73. The lowest BCUT2D eigenvalue weighted by molar-refractivity contribution is -0.153. The molecule has 28 heavy (non-hydrogen) atoms. The first-order valence-corrected chi connectivity index (χ1v) is 10.7. The normalized spacial score (nSPS) is 34.3. The zero-order valence-corrected chi connectivity index (χ0v) is 17.3. The van der Waals surface area contributed by atoms with Crippen molar-refractivity contribution in [2.45, 2.75) is 49.3 Å². The van der Waals surface area contributed by atoms with Crippen LogP contribution in [0.1, 0.15) is 44.9 Å². The highest BCUT2D eigenvalue weighted by molar-refractivity contribution is 9.10. The van der Waals surface area contributed by atoms with E-state index in [0.29, 0.717) is 23.6 Å². The number of esters is 1. The van der Waals surface area contributed by atoms with Crippen molar-refractivity contribution in [2.75, 3.05) is 18.7 Å². The molecule has 150 valence electrons. The van der Waals surface area contributed by atoms with E-state index in [1.807, 2.05) is 0 Å². The van der Waals surface area contributed by atoms with E-state index in [0.717, 1.165) is 31.1 Å². The van der Waals surface area contributed by atoms with Crippen LogP contribution in [0.25, 0.3) is 0 Å². The molecule has 1 N–H and O–H groups in total. The molecule has 2 atom stereocenters. The topological polar surface area (TPSA) is 73.9 Å². The Bertz CT molecular complexity index is 811. The zero-order valence-electron chi connectivity index (χ0n) is 15.7. The zero-order chi connectivity index (χ0) is 19.4. The van der Waals surface area contributed by atoms with Crippen LogP contribution in [0.2, 0.25) is 0 Å². The molecular formula is C21H24BrNO5. The molecule has 1 aromatic carbocycles. The minimum absolute atomic E-state index is 0.0540. The average Bonchev–Trinajstić information content (AvgIpc) is 3.05. The van der Waals surface area contributed by atoms with Gasteiger partial charge in [0.05, 0.1) is 6.42 Å². The molecule has 7 heteroatoms. The first-order valence-electron chi connectivity index (χ1n) is 9.95. The first-order chi connectivity index (χ1) is 13.4. The van der Waals surface area contributed by atoms with E-state index in [2.05, 4.69) is 21.2 Å². The summed E-state index contributed by atoms with van der Waals surface area (Å²) in [6, 6.07) is 5.18. The standard InChI is InChI=1S/C21H24BrNO5/c22-21-7-13-3-14(8-21)6-20(5-13,11-21)9-19(25)26-10-18(24)23-15-1-2-16-17(4-15)28-12-27-16/h1-2,4,13-14H,3,5-12H2,(H,23,24). The Kier molecular flexibility index (Phi) is 4.34. The number of fused-ring (bicyclic) bond motifs is 1. The van der Waals surface area contributed by atoms with Gasteiger partial charge < -0.3 is 19.5 Å². The van der Waals surface area contributed by atoms with Crippen molar-refractivity contribution >= 4 is 33.5 Å². The van der Waals surface area contributed by atoms with Crippen molar-refractivity contribution in [3.8, 4) is 11.5 Å². The summed E-state index contributed by atoms with van der Waals surface area (Å²) in [7, 11) is 0. The van der Waals surface area contributed by atoms with Crippen molar-refractivity contribution in [1.29, 1.82) is 0 Å². The van der Waals surface area contributed by atoms with Crippen molar-refractivity contribution in [2.24, 2.45) is 17.3 Å². The molecule has 0 saturated heterocycles. The van der Waals surface area contributed by atoms with E-state index >= 15 is 0 Å². The number of nitrogens with one attached hydrogen (secondary N) is 1. The van der Waals surface area contributed by atoms with Crippen LogP contribution in [0.4, 0.5) is 5.69 Å². The molecule has 1 aliphatic heterocycles. The van der Waals surface area contributed by atoms with Crippen LogP contribution < -0.4 is 14.8 Å². The number of carbonyl (C=O) groups is 2. The molecule has 2 unspecified atom stereocenters. The molecular weight excluding hydrogens is 426 g/mol. The summed E-state index contributed by atoms with van der Waals surface area (Å²) in [6.45, 7) is -0.0842. The minimum atomic E-state index is -0.352. The van der Waals surface area contributed by atoms with Crippen LogP contribution in [0, 0.1) is 17.3 Å². The molecule has 5 aliphatic rings. The Morgan fingerprint density at radius 1 is 1.14 bits per heavy atom. The molecule has 6 nitrogen and oxygen atoms in total. The second kappa shape index (κ2) is 6.65. The van der Waals surface area contributed by atoms with Gasteiger partial charge in [0.2, 0.25) is 6.79 Å². The summed E-state index contributed by atoms with van der Waals surface area (Å²) in [5, 5.41) is 2.73. The SMILES string of the molecule is O=C(COC(=O)CC12CC3CC(CC(Br)(C3)C1)C2)Nc1ccc2c(c1)OCO2. The summed E-state index contributed by atoms with van der Waals surface area (Å²) < 4.78 is 16.1. The lowest BCUT2D eigenvalue weighted by Crippen LogP contribution is -2.53. The number of amides is 1. The summed E-state index contributed by atoms with van der Waals surface area (Å²) in [6.07, 6.45) is 7.49. The molecule has 1 amide bonds. The molecule has 1 heterocycles. The fourth-order valence-electron chi connectivity index (χ4n) is 6.22. The maximum atomic E-state index is 12.5. The number of ether oxygens (including phenoxy) is 3. The second-order valence-electron chi connectivity index (χ2n) is 9.07. The number of alkyl halides is 1. The van der Waals surface area contributed by atoms with Gasteiger partial charge in [-0.25, -0.2) is 0 Å². The Balaban J connectivity index is 1.14. The van der Waals surface area contributed by atoms with Crippen molar-refractivity contribution < 1.29 is 23.8 Å². The maximum absolute atomic E-state index is 12.5. The number of hydrogen-bond donors (Lipinski definition) is 1. The monoisotopic (exact) mass is 449 g/mol. The molecule has 0 radical (unpaired) electrons. The third-order valence-corrected chi connectivity index (χ3v) is 7.58. The third-order valence-electron chi connectivity index (χ3n) is 6.65. The number of anilines is 1. The highest BCUT2D eigenvalue weighted by Gasteiger charge is 2.57. The summed E-state index contributed by atoms with van der Waals surface area (Å²) >= 11 is 3.97. The number of hydrogen-bond acceptors (Lipinski definition) is 5. The summed E-state index contributed by atoms with van der Waals surface area (Å²) in [5.74, 6) is 2.09. The first kappa shape index (κ1) is 18.3. The van der Waals surface area contributed by atoms with E-state index < -0.39 is 0 Å². The van der Waals surface area contributed by atoms with Crippen LogP contribution in [0.3, 0.4) is 0 Å². The molecule has 6 rings (SSSR count). The van der Waals surface area contributed by atoms with Crippen LogP contribution >= 0.6 is 15.9 Å². The van der Waals surface area contributed by atoms with Gasteiger partial charge in [0.1, 0.15) is 0 Å². The minimum Gasteiger partial charge on any atom is -0.456 e. The van der Waals surface area contributed by atoms with E-state index in [1.54, 1.807) is 18.2 Å². The molecule has 4 aliphatic carbocycles. The largest absolute Gasteiger partial charge is 0.456 e. The van der Waals surface area contributed by atoms with Crippen LogP contribution in [0.5, 0.6) is 11.5 Å². The van der Waals surface area contributed by atoms with Gasteiger partial charge in [-0.1, -0.05) is 15.9 Å². The van der Waals surface area contributed by atoms with Gasteiger partial charge in [-0.05, 0) is 67.9 Å². The predicted octanol–water partition coefficient (Wildman–Crippen LogP) is 4.02. The average molecular weight is 450 g/mol. The molecule has 4 bridgehead atoms. The van der Waals surface area contributed by atoms with Gasteiger partial charge in [-0.3, -0.25) is 9.59 Å². The van der Waals surface area contributed by atoms with E-state index in [9.17, 15) is 9.59 Å². The van der Waals surface area contributed by atoms with Gasteiger partial charge in [0, 0.05) is 16.1 Å². The van der Waals surface area contributed by atoms with Crippen LogP contribution in [-0.4, -0.2) is 29.6 Å². The molecule has 0 aromatic heterocycles. The number of halogens is 1. The Morgan fingerprint density at radius 2 is 1.89 bits per heavy atom. The Hall–Kier alpha value is -1.76. The molecule has 4 fully saturated rings. The number of rotatable bonds is 5. The van der Waals surface area contributed by atoms with E-state index in [4.69, 9.17) is 14.2 Å². The van der Waals surface area contributed by atoms with Gasteiger partial charge in [-0.2, -0.15) is 0 Å². The lowest BCUT2D eigenvalue weighted by atomic mass is 9.49. The molecule has 1 aromatic rings. The molecule has 4 saturated carbocycles. The predicted molar refractivity (Wildman–Crippen MR) is 106 cm³/mol. The van der Waals surface area contributed by atoms with Gasteiger partial charge >= 0.3 is 5.97 Å². The fraction of sp³-hybridized carbons (Fsp3) is 0.619. The van der Waals surface area contributed by atoms with Crippen LogP contribution in [0.15, 0.2) is 18.2 Å². The smallest absolute Gasteiger partial charge is 0.306 e. The summed E-state index contributed by atoms with van der Waals surface area (Å²) in [5.41, 5.74) is 0.644. The third kappa shape index (κ3) is 3.49. The Labute approximate surface area is 172 Å². The highest BCUT2D eigenvalue weighted by atomic mass is 79.9. The number of carbonyl (C=O) groups excluding carboxylic acids is 2. The Morgan fingerprint density at radius 3 is 2.64 bits per heavy atom. The van der Waals surface area contributed by atoms with Gasteiger partial charge in [0.15, 0.2) is 18.1 Å². The van der Waals surface area contributed by atoms with Gasteiger partial charge in [-0.15, -0.1) is 0 Å². The van der Waals surface area contributed by atoms with E-state index in [-0.39, 0.29) is 35.0 Å². The van der Waals surface area contributed by atoms with Crippen molar-refractivity contribution in [3.63, 3.8) is 0 Å². The van der Waals surface area contributed by atoms with Gasteiger partial charge in [0.25, 0.3) is 5.91 Å². The quantitative estimate of drug-likeness (QED) is 0.542. The second-order valence-corrected chi connectivity index (χ2v) is 10.7. The summed E-state index contributed by atoms with van der Waals surface area (Å²) in [4.78, 5) is 24.7. The van der Waals surface area contributed by atoms with E-state index in [1.165, 1.54) is 19.3 Å². The van der Waals surface area contributed by atoms with Crippen molar-refractivity contribution in [3.05, 3.63) is 18.2 Å². The van der Waals surface area contributed by atoms with Crippen molar-refractivity contribution in [1.82, 2.24) is 0 Å².